The number of thiazole rings is 1. The fourth-order valence-electron chi connectivity index (χ4n) is 3.75. The van der Waals surface area contributed by atoms with E-state index in [1.54, 1.807) is 11.3 Å². The van der Waals surface area contributed by atoms with Gasteiger partial charge in [0, 0.05) is 23.5 Å². The molecule has 3 aromatic heterocycles. The summed E-state index contributed by atoms with van der Waals surface area (Å²) in [7, 11) is 0. The molecule has 5 rings (SSSR count). The van der Waals surface area contributed by atoms with E-state index >= 15 is 0 Å². The van der Waals surface area contributed by atoms with E-state index in [1.807, 2.05) is 47.7 Å². The van der Waals surface area contributed by atoms with E-state index in [0.29, 0.717) is 5.75 Å². The SMILES string of the molecule is Cc1cc(C(=O)CSc2nnc3sc4ccccc4n23)c(C)n1Cc1ccccc1. The van der Waals surface area contributed by atoms with Crippen LogP contribution in [0.5, 0.6) is 0 Å². The number of nitrogens with zero attached hydrogens (tertiary/aromatic N) is 4. The number of benzene rings is 2. The molecule has 5 aromatic rings. The monoisotopic (exact) mass is 432 g/mol. The number of para-hydroxylation sites is 1. The van der Waals surface area contributed by atoms with Crippen LogP contribution < -0.4 is 0 Å². The van der Waals surface area contributed by atoms with Crippen LogP contribution in [0.3, 0.4) is 0 Å². The first kappa shape index (κ1) is 19.1. The van der Waals surface area contributed by atoms with Crippen LogP contribution in [0.25, 0.3) is 15.2 Å². The Morgan fingerprint density at radius 2 is 1.80 bits per heavy atom. The van der Waals surface area contributed by atoms with E-state index in [0.717, 1.165) is 39.1 Å². The van der Waals surface area contributed by atoms with E-state index < -0.39 is 0 Å². The third kappa shape index (κ3) is 3.34. The second-order valence-electron chi connectivity index (χ2n) is 7.24. The Morgan fingerprint density at radius 1 is 1.03 bits per heavy atom. The van der Waals surface area contributed by atoms with Crippen molar-refractivity contribution >= 4 is 44.1 Å². The Kier molecular flexibility index (Phi) is 4.92. The smallest absolute Gasteiger partial charge is 0.217 e. The highest BCUT2D eigenvalue weighted by Crippen LogP contribution is 2.30. The molecule has 3 heterocycles. The largest absolute Gasteiger partial charge is 0.344 e. The molecule has 0 unspecified atom stereocenters. The Morgan fingerprint density at radius 3 is 2.63 bits per heavy atom. The van der Waals surface area contributed by atoms with Crippen molar-refractivity contribution in [1.82, 2.24) is 19.2 Å². The van der Waals surface area contributed by atoms with Crippen LogP contribution in [0.4, 0.5) is 0 Å². The van der Waals surface area contributed by atoms with Gasteiger partial charge in [0.2, 0.25) is 4.96 Å². The molecule has 0 spiro atoms. The van der Waals surface area contributed by atoms with Crippen LogP contribution in [0.15, 0.2) is 65.8 Å². The summed E-state index contributed by atoms with van der Waals surface area (Å²) in [5.41, 5.74) is 5.20. The van der Waals surface area contributed by atoms with Crippen LogP contribution in [-0.4, -0.2) is 30.7 Å². The zero-order chi connectivity index (χ0) is 20.7. The van der Waals surface area contributed by atoms with Crippen molar-refractivity contribution in [2.24, 2.45) is 0 Å². The van der Waals surface area contributed by atoms with Crippen LogP contribution in [0, 0.1) is 13.8 Å². The maximum Gasteiger partial charge on any atom is 0.217 e. The summed E-state index contributed by atoms with van der Waals surface area (Å²) in [6, 6.07) is 20.5. The molecule has 30 heavy (non-hydrogen) atoms. The summed E-state index contributed by atoms with van der Waals surface area (Å²) in [4.78, 5) is 13.9. The van der Waals surface area contributed by atoms with Crippen molar-refractivity contribution in [2.45, 2.75) is 25.5 Å². The van der Waals surface area contributed by atoms with Crippen molar-refractivity contribution < 1.29 is 4.79 Å². The van der Waals surface area contributed by atoms with Gasteiger partial charge in [-0.05, 0) is 37.6 Å². The van der Waals surface area contributed by atoms with Crippen LogP contribution in [-0.2, 0) is 6.54 Å². The standard InChI is InChI=1S/C23H20N4OS2/c1-15-12-18(16(2)26(15)13-17-8-4-3-5-9-17)20(28)14-29-22-24-25-23-27(22)19-10-6-7-11-21(19)30-23/h3-12H,13-14H2,1-2H3. The zero-order valence-corrected chi connectivity index (χ0v) is 18.3. The molecule has 0 bridgehead atoms. The van der Waals surface area contributed by atoms with Gasteiger partial charge in [-0.1, -0.05) is 65.6 Å². The van der Waals surface area contributed by atoms with Gasteiger partial charge >= 0.3 is 0 Å². The lowest BCUT2D eigenvalue weighted by molar-refractivity contribution is 0.102. The normalized spacial score (nSPS) is 11.5. The molecule has 2 aromatic carbocycles. The van der Waals surface area contributed by atoms with Crippen molar-refractivity contribution in [3.8, 4) is 0 Å². The fourth-order valence-corrected chi connectivity index (χ4v) is 5.60. The molecule has 0 fully saturated rings. The molecule has 150 valence electrons. The highest BCUT2D eigenvalue weighted by molar-refractivity contribution is 7.99. The van der Waals surface area contributed by atoms with Gasteiger partial charge in [-0.2, -0.15) is 0 Å². The Bertz CT molecular complexity index is 1360. The van der Waals surface area contributed by atoms with Gasteiger partial charge in [0.15, 0.2) is 10.9 Å². The summed E-state index contributed by atoms with van der Waals surface area (Å²) in [5, 5.41) is 9.34. The summed E-state index contributed by atoms with van der Waals surface area (Å²) < 4.78 is 5.41. The predicted octanol–water partition coefficient (Wildman–Crippen LogP) is 5.39. The average Bonchev–Trinajstić information content (AvgIpc) is 3.41. The number of hydrogen-bond acceptors (Lipinski definition) is 5. The number of rotatable bonds is 6. The minimum Gasteiger partial charge on any atom is -0.344 e. The molecule has 0 radical (unpaired) electrons. The quantitative estimate of drug-likeness (QED) is 0.267. The topological polar surface area (TPSA) is 52.2 Å². The molecule has 0 aliphatic carbocycles. The van der Waals surface area contributed by atoms with Crippen molar-refractivity contribution in [2.75, 3.05) is 5.75 Å². The second kappa shape index (κ2) is 7.74. The lowest BCUT2D eigenvalue weighted by Gasteiger charge is -2.10. The highest BCUT2D eigenvalue weighted by atomic mass is 32.2. The molecule has 0 saturated carbocycles. The predicted molar refractivity (Wildman–Crippen MR) is 123 cm³/mol. The van der Waals surface area contributed by atoms with Gasteiger partial charge < -0.3 is 4.57 Å². The lowest BCUT2D eigenvalue weighted by Crippen LogP contribution is -2.08. The number of Topliss-reactive ketones (excluding diaryl/α,β-unsaturated/α-hetero) is 1. The van der Waals surface area contributed by atoms with Gasteiger partial charge in [0.1, 0.15) is 0 Å². The summed E-state index contributed by atoms with van der Waals surface area (Å²) >= 11 is 3.05. The van der Waals surface area contributed by atoms with Crippen LogP contribution in [0.2, 0.25) is 0 Å². The molecular formula is C23H20N4OS2. The van der Waals surface area contributed by atoms with Crippen molar-refractivity contribution in [3.63, 3.8) is 0 Å². The first-order chi connectivity index (χ1) is 14.6. The molecule has 0 N–H and O–H groups in total. The molecule has 0 aliphatic rings. The zero-order valence-electron chi connectivity index (χ0n) is 16.7. The molecule has 0 saturated heterocycles. The van der Waals surface area contributed by atoms with Gasteiger partial charge in [0.05, 0.1) is 16.0 Å². The molecule has 0 amide bonds. The molecule has 0 aliphatic heterocycles. The number of aromatic nitrogens is 4. The Labute approximate surface area is 182 Å². The number of thioether (sulfide) groups is 1. The minimum absolute atomic E-state index is 0.115. The highest BCUT2D eigenvalue weighted by Gasteiger charge is 2.18. The van der Waals surface area contributed by atoms with Gasteiger partial charge in [-0.3, -0.25) is 9.20 Å². The minimum atomic E-state index is 0.115. The lowest BCUT2D eigenvalue weighted by atomic mass is 10.2. The average molecular weight is 433 g/mol. The maximum atomic E-state index is 13.0. The van der Waals surface area contributed by atoms with Crippen molar-refractivity contribution in [3.05, 3.63) is 83.2 Å². The van der Waals surface area contributed by atoms with Crippen LogP contribution >= 0.6 is 23.1 Å². The number of carbonyl (C=O) groups is 1. The van der Waals surface area contributed by atoms with E-state index in [2.05, 4.69) is 46.0 Å². The molecule has 0 atom stereocenters. The van der Waals surface area contributed by atoms with E-state index in [-0.39, 0.29) is 5.78 Å². The van der Waals surface area contributed by atoms with E-state index in [4.69, 9.17) is 0 Å². The first-order valence-electron chi connectivity index (χ1n) is 9.71. The maximum absolute atomic E-state index is 13.0. The van der Waals surface area contributed by atoms with E-state index in [1.165, 1.54) is 22.0 Å². The third-order valence-electron chi connectivity index (χ3n) is 5.30. The number of fused-ring (bicyclic) bond motifs is 3. The molecular weight excluding hydrogens is 412 g/mol. The number of hydrogen-bond donors (Lipinski definition) is 0. The van der Waals surface area contributed by atoms with Gasteiger partial charge in [-0.25, -0.2) is 0 Å². The van der Waals surface area contributed by atoms with Crippen LogP contribution in [0.1, 0.15) is 27.3 Å². The number of aryl methyl sites for hydroxylation is 1. The number of carbonyl (C=O) groups excluding carboxylic acids is 1. The van der Waals surface area contributed by atoms with E-state index in [9.17, 15) is 4.79 Å². The fraction of sp³-hybridized carbons (Fsp3) is 0.174. The van der Waals surface area contributed by atoms with Crippen molar-refractivity contribution in [1.29, 1.82) is 0 Å². The number of ketones is 1. The second-order valence-corrected chi connectivity index (χ2v) is 9.19. The van der Waals surface area contributed by atoms with Gasteiger partial charge in [0.25, 0.3) is 0 Å². The first-order valence-corrected chi connectivity index (χ1v) is 11.5. The van der Waals surface area contributed by atoms with Gasteiger partial charge in [-0.15, -0.1) is 10.2 Å². The summed E-state index contributed by atoms with van der Waals surface area (Å²) in [6.45, 7) is 4.85. The Hall–Kier alpha value is -2.90. The molecule has 7 heteroatoms. The third-order valence-corrected chi connectivity index (χ3v) is 7.24. The Balaban J connectivity index is 1.37. The summed E-state index contributed by atoms with van der Waals surface area (Å²) in [5.74, 6) is 0.448. The summed E-state index contributed by atoms with van der Waals surface area (Å²) in [6.07, 6.45) is 0. The molecule has 5 nitrogen and oxygen atoms in total.